The fraction of sp³-hybridized carbons (Fsp3) is 0.111. The Morgan fingerprint density at radius 1 is 1.09 bits per heavy atom. The van der Waals surface area contributed by atoms with Crippen molar-refractivity contribution < 1.29 is 4.42 Å². The summed E-state index contributed by atoms with van der Waals surface area (Å²) in [6, 6.07) is 12.9. The minimum absolute atomic E-state index is 0.188. The van der Waals surface area contributed by atoms with Crippen LogP contribution in [0.5, 0.6) is 0 Å². The molecule has 0 aliphatic carbocycles. The number of hydrogen-bond acceptors (Lipinski definition) is 3. The molecule has 2 aromatic rings. The largest absolute Gasteiger partial charge is 0.460 e. The molecular weight excluding hydrogens is 312 g/mol. The van der Waals surface area contributed by atoms with Crippen molar-refractivity contribution in [3.8, 4) is 16.9 Å². The van der Waals surface area contributed by atoms with Gasteiger partial charge >= 0.3 is 0 Å². The van der Waals surface area contributed by atoms with Gasteiger partial charge in [-0.1, -0.05) is 23.2 Å². The molecule has 0 bridgehead atoms. The van der Waals surface area contributed by atoms with Gasteiger partial charge in [0.2, 0.25) is 0 Å². The monoisotopic (exact) mass is 324 g/mol. The Morgan fingerprint density at radius 3 is 2.57 bits per heavy atom. The summed E-state index contributed by atoms with van der Waals surface area (Å²) in [5.41, 5.74) is 3.47. The molecule has 23 heavy (non-hydrogen) atoms. The normalized spacial score (nSPS) is 11.4. The van der Waals surface area contributed by atoms with Crippen molar-refractivity contribution in [3.05, 3.63) is 69.2 Å². The molecule has 4 nitrogen and oxygen atoms in total. The molecule has 0 N–H and O–H groups in total. The molecule has 0 atom stereocenters. The van der Waals surface area contributed by atoms with Crippen LogP contribution in [-0.4, -0.2) is 9.78 Å². The zero-order chi connectivity index (χ0) is 16.1. The Labute approximate surface area is 137 Å². The summed E-state index contributed by atoms with van der Waals surface area (Å²) in [5.74, 6) is 0.571. The molecule has 0 amide bonds. The van der Waals surface area contributed by atoms with Gasteiger partial charge in [0.25, 0.3) is 5.56 Å². The Balaban J connectivity index is 2.10. The maximum atomic E-state index is 12.8. The summed E-state index contributed by atoms with van der Waals surface area (Å²) in [6.07, 6.45) is 0. The van der Waals surface area contributed by atoms with Gasteiger partial charge in [-0.3, -0.25) is 4.79 Å². The molecular formula is C18H13ClN2O2. The molecule has 0 unspecified atom stereocenters. The topological polar surface area (TPSA) is 48.0 Å². The van der Waals surface area contributed by atoms with Crippen LogP contribution >= 0.6 is 11.6 Å². The summed E-state index contributed by atoms with van der Waals surface area (Å²) < 4.78 is 7.20. The summed E-state index contributed by atoms with van der Waals surface area (Å²) in [5, 5.41) is 6.00. The summed E-state index contributed by atoms with van der Waals surface area (Å²) >= 11 is 5.92. The SMILES string of the molecule is Cc1ccc2oc(C)c3c(=O)n(-c4ccc(Cl)cc4)nc-3c2c1. The molecule has 2 aromatic carbocycles. The van der Waals surface area contributed by atoms with Gasteiger partial charge < -0.3 is 4.42 Å². The van der Waals surface area contributed by atoms with Crippen LogP contribution in [0.1, 0.15) is 11.3 Å². The van der Waals surface area contributed by atoms with Crippen LogP contribution < -0.4 is 5.56 Å². The van der Waals surface area contributed by atoms with Crippen molar-refractivity contribution in [3.63, 3.8) is 0 Å². The molecule has 2 heterocycles. The molecule has 5 heteroatoms. The maximum Gasteiger partial charge on any atom is 0.284 e. The van der Waals surface area contributed by atoms with E-state index >= 15 is 0 Å². The lowest BCUT2D eigenvalue weighted by atomic mass is 10.1. The van der Waals surface area contributed by atoms with Crippen LogP contribution in [0.2, 0.25) is 5.02 Å². The Morgan fingerprint density at radius 2 is 1.83 bits per heavy atom. The van der Waals surface area contributed by atoms with Gasteiger partial charge in [-0.05, 0) is 50.2 Å². The Bertz CT molecular complexity index is 1060. The number of hydrogen-bond donors (Lipinski definition) is 0. The molecule has 0 spiro atoms. The standard InChI is InChI=1S/C18H13ClN2O2/c1-10-3-8-15-14(9-10)17-16(11(2)23-15)18(22)21(20-17)13-6-4-12(19)5-7-13/h3-9H,1-2H3. The summed E-state index contributed by atoms with van der Waals surface area (Å²) in [4.78, 5) is 12.8. The molecule has 2 aliphatic heterocycles. The third kappa shape index (κ3) is 2.14. The van der Waals surface area contributed by atoms with Crippen LogP contribution in [0, 0.1) is 13.8 Å². The summed E-state index contributed by atoms with van der Waals surface area (Å²) in [6.45, 7) is 3.79. The first-order valence-corrected chi connectivity index (χ1v) is 7.61. The highest BCUT2D eigenvalue weighted by Gasteiger charge is 2.23. The number of fused-ring (bicyclic) bond motifs is 3. The fourth-order valence-corrected chi connectivity index (χ4v) is 2.93. The third-order valence-electron chi connectivity index (χ3n) is 3.92. The van der Waals surface area contributed by atoms with E-state index in [9.17, 15) is 4.79 Å². The van der Waals surface area contributed by atoms with Crippen molar-refractivity contribution in [2.24, 2.45) is 0 Å². The highest BCUT2D eigenvalue weighted by atomic mass is 35.5. The molecule has 0 fully saturated rings. The minimum Gasteiger partial charge on any atom is -0.460 e. The van der Waals surface area contributed by atoms with Crippen LogP contribution in [0.4, 0.5) is 0 Å². The number of nitrogens with zero attached hydrogens (tertiary/aromatic N) is 2. The maximum absolute atomic E-state index is 12.8. The van der Waals surface area contributed by atoms with Gasteiger partial charge in [0, 0.05) is 10.4 Å². The lowest BCUT2D eigenvalue weighted by Crippen LogP contribution is -2.14. The predicted octanol–water partition coefficient (Wildman–Crippen LogP) is 4.35. The second kappa shape index (κ2) is 4.96. The van der Waals surface area contributed by atoms with Gasteiger partial charge in [0.1, 0.15) is 22.6 Å². The Kier molecular flexibility index (Phi) is 3.03. The van der Waals surface area contributed by atoms with E-state index < -0.39 is 0 Å². The van der Waals surface area contributed by atoms with E-state index in [1.165, 1.54) is 4.68 Å². The molecule has 0 radical (unpaired) electrons. The van der Waals surface area contributed by atoms with E-state index in [0.29, 0.717) is 27.7 Å². The van der Waals surface area contributed by atoms with Gasteiger partial charge in [0.15, 0.2) is 0 Å². The second-order valence-electron chi connectivity index (χ2n) is 5.57. The molecule has 0 aromatic heterocycles. The van der Waals surface area contributed by atoms with Crippen LogP contribution in [0.25, 0.3) is 27.9 Å². The highest BCUT2D eigenvalue weighted by molar-refractivity contribution is 6.30. The fourth-order valence-electron chi connectivity index (χ4n) is 2.80. The smallest absolute Gasteiger partial charge is 0.284 e. The zero-order valence-corrected chi connectivity index (χ0v) is 13.4. The van der Waals surface area contributed by atoms with Crippen molar-refractivity contribution in [1.29, 1.82) is 0 Å². The number of aromatic nitrogens is 2. The zero-order valence-electron chi connectivity index (χ0n) is 12.6. The number of halogens is 1. The van der Waals surface area contributed by atoms with Crippen LogP contribution in [0.3, 0.4) is 0 Å². The number of rotatable bonds is 1. The van der Waals surface area contributed by atoms with E-state index in [1.54, 1.807) is 31.2 Å². The van der Waals surface area contributed by atoms with Crippen molar-refractivity contribution in [2.45, 2.75) is 13.8 Å². The third-order valence-corrected chi connectivity index (χ3v) is 4.17. The van der Waals surface area contributed by atoms with Crippen molar-refractivity contribution in [1.82, 2.24) is 9.78 Å². The molecule has 0 saturated carbocycles. The highest BCUT2D eigenvalue weighted by Crippen LogP contribution is 2.31. The van der Waals surface area contributed by atoms with Crippen LogP contribution in [-0.2, 0) is 0 Å². The molecule has 2 aliphatic rings. The number of benzene rings is 2. The van der Waals surface area contributed by atoms with Gasteiger partial charge in [-0.25, -0.2) is 0 Å². The van der Waals surface area contributed by atoms with Crippen molar-refractivity contribution >= 4 is 22.6 Å². The lowest BCUT2D eigenvalue weighted by molar-refractivity contribution is 0.567. The quantitative estimate of drug-likeness (QED) is 0.523. The van der Waals surface area contributed by atoms with Crippen LogP contribution in [0.15, 0.2) is 51.7 Å². The Hall–Kier alpha value is -2.59. The predicted molar refractivity (Wildman–Crippen MR) is 90.7 cm³/mol. The molecule has 0 saturated heterocycles. The average molecular weight is 325 g/mol. The lowest BCUT2D eigenvalue weighted by Gasteiger charge is -2.05. The van der Waals surface area contributed by atoms with Gasteiger partial charge in [0.05, 0.1) is 5.69 Å². The second-order valence-corrected chi connectivity index (χ2v) is 6.01. The van der Waals surface area contributed by atoms with Gasteiger partial charge in [-0.2, -0.15) is 9.78 Å². The van der Waals surface area contributed by atoms with Crippen molar-refractivity contribution in [2.75, 3.05) is 0 Å². The van der Waals surface area contributed by atoms with E-state index in [2.05, 4.69) is 5.10 Å². The van der Waals surface area contributed by atoms with E-state index in [1.807, 2.05) is 25.1 Å². The van der Waals surface area contributed by atoms with E-state index in [0.717, 1.165) is 16.5 Å². The first kappa shape index (κ1) is 14.0. The number of aryl methyl sites for hydroxylation is 2. The summed E-state index contributed by atoms with van der Waals surface area (Å²) in [7, 11) is 0. The van der Waals surface area contributed by atoms with E-state index in [4.69, 9.17) is 16.0 Å². The molecule has 114 valence electrons. The molecule has 4 rings (SSSR count). The first-order chi connectivity index (χ1) is 11.0. The van der Waals surface area contributed by atoms with Gasteiger partial charge in [-0.15, -0.1) is 0 Å². The van der Waals surface area contributed by atoms with E-state index in [-0.39, 0.29) is 5.56 Å². The average Bonchev–Trinajstić information content (AvgIpc) is 2.88. The minimum atomic E-state index is -0.188. The first-order valence-electron chi connectivity index (χ1n) is 7.23.